The summed E-state index contributed by atoms with van der Waals surface area (Å²) in [5, 5.41) is 12.2. The number of benzene rings is 9. The summed E-state index contributed by atoms with van der Waals surface area (Å²) in [5.74, 6) is 1.63. The van der Waals surface area contributed by atoms with E-state index in [2.05, 4.69) is 97.1 Å². The third-order valence-corrected chi connectivity index (χ3v) is 11.5. The summed E-state index contributed by atoms with van der Waals surface area (Å²) < 4.78 is 19.9. The normalized spacial score (nSPS) is 12.2. The van der Waals surface area contributed by atoms with Crippen LogP contribution in [0.1, 0.15) is 0 Å². The van der Waals surface area contributed by atoms with Crippen molar-refractivity contribution < 1.29 is 13.3 Å². The minimum Gasteiger partial charge on any atom is -0.455 e. The number of rotatable bonds is 3. The van der Waals surface area contributed by atoms with Crippen LogP contribution in [0.5, 0.6) is 0 Å². The van der Waals surface area contributed by atoms with Crippen molar-refractivity contribution in [1.82, 2.24) is 15.0 Å². The fourth-order valence-corrected chi connectivity index (χ4v) is 8.95. The molecule has 6 nitrogen and oxygen atoms in total. The lowest BCUT2D eigenvalue weighted by Gasteiger charge is -2.12. The molecule has 0 amide bonds. The zero-order valence-electron chi connectivity index (χ0n) is 30.2. The summed E-state index contributed by atoms with van der Waals surface area (Å²) in [5.41, 5.74) is 7.41. The molecule has 6 heteroatoms. The molecule has 0 N–H and O–H groups in total. The lowest BCUT2D eigenvalue weighted by molar-refractivity contribution is 0.672. The van der Waals surface area contributed by atoms with Crippen LogP contribution in [0.15, 0.2) is 177 Å². The van der Waals surface area contributed by atoms with Crippen molar-refractivity contribution in [3.05, 3.63) is 164 Å². The second-order valence-electron chi connectivity index (χ2n) is 14.6. The first kappa shape index (κ1) is 30.5. The highest BCUT2D eigenvalue weighted by Gasteiger charge is 2.24. The number of furan rings is 3. The molecule has 0 fully saturated rings. The van der Waals surface area contributed by atoms with Crippen molar-refractivity contribution in [1.29, 1.82) is 0 Å². The lowest BCUT2D eigenvalue weighted by Crippen LogP contribution is -2.01. The molecule has 0 saturated carbocycles. The molecule has 0 unspecified atom stereocenters. The van der Waals surface area contributed by atoms with E-state index in [4.69, 9.17) is 28.2 Å². The van der Waals surface area contributed by atoms with E-state index in [-0.39, 0.29) is 0 Å². The van der Waals surface area contributed by atoms with Crippen LogP contribution in [0.4, 0.5) is 0 Å². The highest BCUT2D eigenvalue weighted by atomic mass is 16.3. The molecule has 264 valence electrons. The molecular weight excluding hydrogens is 703 g/mol. The van der Waals surface area contributed by atoms with Gasteiger partial charge in [-0.1, -0.05) is 127 Å². The van der Waals surface area contributed by atoms with Crippen molar-refractivity contribution in [3.63, 3.8) is 0 Å². The minimum atomic E-state index is 0.541. The maximum absolute atomic E-state index is 6.65. The third kappa shape index (κ3) is 4.32. The number of hydrogen-bond acceptors (Lipinski definition) is 6. The molecule has 13 aromatic rings. The van der Waals surface area contributed by atoms with E-state index >= 15 is 0 Å². The van der Waals surface area contributed by atoms with Crippen molar-refractivity contribution in [2.24, 2.45) is 0 Å². The standard InChI is InChI=1S/C51H27N3O3/c1-4-15-31-28(12-1)24-25-36-43-37(20-11-23-42(43)57-46(31)36)49-52-50(38-26-29-13-2-5-16-32(29)47-44(38)34-18-7-9-21-40(34)55-47)54-51(53-49)39-27-30-14-3-6-17-33(30)48-45(39)35-19-8-10-22-41(35)56-48/h1-27H. The molecular formula is C51H27N3O3. The van der Waals surface area contributed by atoms with Crippen molar-refractivity contribution in [2.75, 3.05) is 0 Å². The molecule has 13 rings (SSSR count). The molecule has 4 heterocycles. The van der Waals surface area contributed by atoms with Gasteiger partial charge in [0, 0.05) is 65.2 Å². The van der Waals surface area contributed by atoms with Gasteiger partial charge < -0.3 is 13.3 Å². The molecule has 0 aliphatic rings. The predicted octanol–water partition coefficient (Wildman–Crippen LogP) is 14.0. The molecule has 0 saturated heterocycles. The summed E-state index contributed by atoms with van der Waals surface area (Å²) in [6.45, 7) is 0. The first-order valence-corrected chi connectivity index (χ1v) is 19.0. The van der Waals surface area contributed by atoms with Crippen LogP contribution < -0.4 is 0 Å². The van der Waals surface area contributed by atoms with Gasteiger partial charge in [0.05, 0.1) is 0 Å². The monoisotopic (exact) mass is 729 g/mol. The van der Waals surface area contributed by atoms with Crippen LogP contribution in [-0.2, 0) is 0 Å². The van der Waals surface area contributed by atoms with Gasteiger partial charge in [-0.05, 0) is 52.6 Å². The van der Waals surface area contributed by atoms with Gasteiger partial charge in [-0.15, -0.1) is 0 Å². The quantitative estimate of drug-likeness (QED) is 0.180. The van der Waals surface area contributed by atoms with Gasteiger partial charge in [0.2, 0.25) is 0 Å². The summed E-state index contributed by atoms with van der Waals surface area (Å²) >= 11 is 0. The Labute approximate surface area is 323 Å². The molecule has 0 spiro atoms. The summed E-state index contributed by atoms with van der Waals surface area (Å²) in [6, 6.07) is 56.1. The van der Waals surface area contributed by atoms with E-state index in [1.54, 1.807) is 0 Å². The molecule has 9 aromatic carbocycles. The molecule has 0 aliphatic heterocycles. The number of hydrogen-bond donors (Lipinski definition) is 0. The number of para-hydroxylation sites is 2. The van der Waals surface area contributed by atoms with Crippen LogP contribution in [-0.4, -0.2) is 15.0 Å². The zero-order valence-corrected chi connectivity index (χ0v) is 30.2. The third-order valence-electron chi connectivity index (χ3n) is 11.5. The van der Waals surface area contributed by atoms with E-state index < -0.39 is 0 Å². The summed E-state index contributed by atoms with van der Waals surface area (Å²) in [4.78, 5) is 16.2. The van der Waals surface area contributed by atoms with E-state index in [1.165, 1.54) is 0 Å². The predicted molar refractivity (Wildman–Crippen MR) is 230 cm³/mol. The van der Waals surface area contributed by atoms with E-state index in [0.29, 0.717) is 17.5 Å². The number of fused-ring (bicyclic) bond motifs is 15. The highest BCUT2D eigenvalue weighted by Crippen LogP contribution is 2.45. The van der Waals surface area contributed by atoms with Gasteiger partial charge in [0.25, 0.3) is 0 Å². The molecule has 0 radical (unpaired) electrons. The fourth-order valence-electron chi connectivity index (χ4n) is 8.95. The van der Waals surface area contributed by atoms with Gasteiger partial charge in [0.1, 0.15) is 33.5 Å². The Morgan fingerprint density at radius 1 is 0.281 bits per heavy atom. The van der Waals surface area contributed by atoms with E-state index in [0.717, 1.165) is 115 Å². The Bertz CT molecular complexity index is 3660. The Hall–Kier alpha value is -7.83. The Morgan fingerprint density at radius 2 is 0.719 bits per heavy atom. The van der Waals surface area contributed by atoms with Crippen molar-refractivity contribution in [3.8, 4) is 34.2 Å². The minimum absolute atomic E-state index is 0.541. The van der Waals surface area contributed by atoms with Gasteiger partial charge in [-0.3, -0.25) is 0 Å². The molecule has 0 atom stereocenters. The molecule has 0 bridgehead atoms. The van der Waals surface area contributed by atoms with Gasteiger partial charge in [-0.25, -0.2) is 15.0 Å². The zero-order chi connectivity index (χ0) is 37.2. The lowest BCUT2D eigenvalue weighted by atomic mass is 9.98. The SMILES string of the molecule is c1ccc2c(c1)ccc1c2oc2cccc(-c3nc(-c4cc5ccccc5c5oc6ccccc6c45)nc(-c4cc5ccccc5c5oc6ccccc6c45)n3)c21. The van der Waals surface area contributed by atoms with Gasteiger partial charge in [0.15, 0.2) is 17.5 Å². The van der Waals surface area contributed by atoms with Gasteiger partial charge in [-0.2, -0.15) is 0 Å². The Morgan fingerprint density at radius 3 is 1.30 bits per heavy atom. The highest BCUT2D eigenvalue weighted by molar-refractivity contribution is 6.23. The molecule has 57 heavy (non-hydrogen) atoms. The smallest absolute Gasteiger partial charge is 0.164 e. The van der Waals surface area contributed by atoms with Crippen molar-refractivity contribution >= 4 is 98.1 Å². The van der Waals surface area contributed by atoms with Crippen LogP contribution in [0.2, 0.25) is 0 Å². The fraction of sp³-hybridized carbons (Fsp3) is 0. The van der Waals surface area contributed by atoms with Crippen molar-refractivity contribution in [2.45, 2.75) is 0 Å². The van der Waals surface area contributed by atoms with Crippen LogP contribution in [0.25, 0.3) is 132 Å². The number of nitrogens with zero attached hydrogens (tertiary/aromatic N) is 3. The second kappa shape index (κ2) is 11.4. The Balaban J connectivity index is 1.19. The second-order valence-corrected chi connectivity index (χ2v) is 14.6. The molecule has 4 aromatic heterocycles. The topological polar surface area (TPSA) is 78.1 Å². The average molecular weight is 730 g/mol. The summed E-state index contributed by atoms with van der Waals surface area (Å²) in [7, 11) is 0. The average Bonchev–Trinajstić information content (AvgIpc) is 3.98. The first-order chi connectivity index (χ1) is 28.2. The van der Waals surface area contributed by atoms with E-state index in [9.17, 15) is 0 Å². The number of aromatic nitrogens is 3. The van der Waals surface area contributed by atoms with Gasteiger partial charge >= 0.3 is 0 Å². The van der Waals surface area contributed by atoms with E-state index in [1.807, 2.05) is 66.7 Å². The maximum Gasteiger partial charge on any atom is 0.164 e. The van der Waals surface area contributed by atoms with Crippen LogP contribution in [0, 0.1) is 0 Å². The van der Waals surface area contributed by atoms with Crippen LogP contribution in [0.3, 0.4) is 0 Å². The Kier molecular flexibility index (Phi) is 6.07. The largest absolute Gasteiger partial charge is 0.455 e. The first-order valence-electron chi connectivity index (χ1n) is 19.0. The van der Waals surface area contributed by atoms with Crippen LogP contribution >= 0.6 is 0 Å². The summed E-state index contributed by atoms with van der Waals surface area (Å²) in [6.07, 6.45) is 0. The maximum atomic E-state index is 6.65. The molecule has 0 aliphatic carbocycles.